The third-order valence-corrected chi connectivity index (χ3v) is 5.32. The van der Waals surface area contributed by atoms with Gasteiger partial charge in [0.05, 0.1) is 0 Å². The summed E-state index contributed by atoms with van der Waals surface area (Å²) in [6, 6.07) is 18.5. The molecule has 0 amide bonds. The van der Waals surface area contributed by atoms with E-state index in [2.05, 4.69) is 6.58 Å². The van der Waals surface area contributed by atoms with Crippen molar-refractivity contribution < 1.29 is 22.3 Å². The van der Waals surface area contributed by atoms with Crippen molar-refractivity contribution >= 4 is 10.8 Å². The van der Waals surface area contributed by atoms with E-state index in [1.807, 2.05) is 42.5 Å². The first-order valence-corrected chi connectivity index (χ1v) is 10.1. The van der Waals surface area contributed by atoms with E-state index in [1.54, 1.807) is 18.2 Å². The van der Waals surface area contributed by atoms with Crippen LogP contribution in [0.4, 0.5) is 17.6 Å². The predicted molar refractivity (Wildman–Crippen MR) is 119 cm³/mol. The molecular weight excluding hydrogens is 416 g/mol. The fourth-order valence-electron chi connectivity index (χ4n) is 3.64. The summed E-state index contributed by atoms with van der Waals surface area (Å²) in [7, 11) is 0. The van der Waals surface area contributed by atoms with E-state index in [0.29, 0.717) is 17.6 Å². The monoisotopic (exact) mass is 436 g/mol. The van der Waals surface area contributed by atoms with Gasteiger partial charge in [0.15, 0.2) is 17.5 Å². The van der Waals surface area contributed by atoms with E-state index in [4.69, 9.17) is 4.74 Å². The highest BCUT2D eigenvalue weighted by molar-refractivity contribution is 5.88. The minimum Gasteiger partial charge on any atom is -0.490 e. The van der Waals surface area contributed by atoms with Gasteiger partial charge in [-0.15, -0.1) is 0 Å². The average molecular weight is 436 g/mol. The molecule has 0 heterocycles. The predicted octanol–water partition coefficient (Wildman–Crippen LogP) is 7.41. The van der Waals surface area contributed by atoms with Gasteiger partial charge in [-0.1, -0.05) is 49.1 Å². The molecule has 0 aliphatic heterocycles. The highest BCUT2D eigenvalue weighted by Gasteiger charge is 2.13. The van der Waals surface area contributed by atoms with Gasteiger partial charge in [0.25, 0.3) is 0 Å². The lowest BCUT2D eigenvalue weighted by atomic mass is 9.97. The second kappa shape index (κ2) is 9.27. The molecule has 0 N–H and O–H groups in total. The Hall–Kier alpha value is -3.60. The number of hydrogen-bond acceptors (Lipinski definition) is 1. The van der Waals surface area contributed by atoms with Crippen molar-refractivity contribution in [1.82, 2.24) is 0 Å². The first-order chi connectivity index (χ1) is 15.5. The Kier molecular flexibility index (Phi) is 6.26. The first-order valence-electron chi connectivity index (χ1n) is 10.1. The Morgan fingerprint density at radius 3 is 2.09 bits per heavy atom. The molecule has 0 saturated carbocycles. The molecule has 0 aromatic heterocycles. The summed E-state index contributed by atoms with van der Waals surface area (Å²) in [4.78, 5) is 0. The largest absolute Gasteiger partial charge is 0.490 e. The zero-order valence-corrected chi connectivity index (χ0v) is 17.2. The number of aryl methyl sites for hydroxylation is 2. The summed E-state index contributed by atoms with van der Waals surface area (Å²) in [5.41, 5.74) is 2.62. The molecular formula is C27H20F4O. The van der Waals surface area contributed by atoms with Crippen LogP contribution in [0.5, 0.6) is 5.75 Å². The van der Waals surface area contributed by atoms with Crippen LogP contribution in [0.25, 0.3) is 21.9 Å². The van der Waals surface area contributed by atoms with E-state index in [-0.39, 0.29) is 24.2 Å². The van der Waals surface area contributed by atoms with Crippen LogP contribution in [0.1, 0.15) is 11.1 Å². The minimum absolute atomic E-state index is 0.189. The fourth-order valence-corrected chi connectivity index (χ4v) is 3.64. The zero-order chi connectivity index (χ0) is 22.7. The lowest BCUT2D eigenvalue weighted by Gasteiger charge is -2.10. The Morgan fingerprint density at radius 2 is 1.41 bits per heavy atom. The summed E-state index contributed by atoms with van der Waals surface area (Å²) < 4.78 is 60.5. The van der Waals surface area contributed by atoms with Crippen molar-refractivity contribution in [1.29, 1.82) is 0 Å². The normalized spacial score (nSPS) is 11.0. The number of benzene rings is 4. The van der Waals surface area contributed by atoms with Crippen LogP contribution in [0.3, 0.4) is 0 Å². The molecule has 5 heteroatoms. The van der Waals surface area contributed by atoms with Crippen molar-refractivity contribution in [2.75, 3.05) is 6.61 Å². The fraction of sp³-hybridized carbons (Fsp3) is 0.111. The van der Waals surface area contributed by atoms with Crippen LogP contribution in [-0.4, -0.2) is 6.61 Å². The third-order valence-electron chi connectivity index (χ3n) is 5.32. The maximum Gasteiger partial charge on any atom is 0.194 e. The van der Waals surface area contributed by atoms with Crippen molar-refractivity contribution in [2.45, 2.75) is 12.8 Å². The molecule has 0 atom stereocenters. The SMILES string of the molecule is C=CCOc1ccc(-c2ccc3c(F)c(CCc4cc(F)c(F)c(F)c4)ccc3c2)cc1. The molecule has 4 aromatic carbocycles. The molecule has 162 valence electrons. The van der Waals surface area contributed by atoms with Crippen molar-refractivity contribution in [2.24, 2.45) is 0 Å². The van der Waals surface area contributed by atoms with Crippen LogP contribution in [0.15, 0.2) is 79.4 Å². The Bertz CT molecular complexity index is 1260. The molecule has 4 aromatic rings. The first kappa shape index (κ1) is 21.6. The number of fused-ring (bicyclic) bond motifs is 1. The zero-order valence-electron chi connectivity index (χ0n) is 17.2. The van der Waals surface area contributed by atoms with Crippen LogP contribution < -0.4 is 4.74 Å². The number of ether oxygens (including phenoxy) is 1. The molecule has 0 radical (unpaired) electrons. The molecule has 0 saturated heterocycles. The van der Waals surface area contributed by atoms with E-state index in [1.165, 1.54) is 0 Å². The van der Waals surface area contributed by atoms with Gasteiger partial charge < -0.3 is 4.74 Å². The highest BCUT2D eigenvalue weighted by atomic mass is 19.2. The van der Waals surface area contributed by atoms with Crippen LogP contribution >= 0.6 is 0 Å². The molecule has 0 aliphatic carbocycles. The standard InChI is InChI=1S/C27H20F4O/c1-2-13-32-22-10-7-18(8-11-22)20-9-12-23-21(16-20)6-5-19(26(23)30)4-3-17-14-24(28)27(31)25(29)15-17/h2,5-12,14-16H,1,3-4,13H2. The molecule has 0 aliphatic rings. The van der Waals surface area contributed by atoms with Gasteiger partial charge in [-0.2, -0.15) is 0 Å². The van der Waals surface area contributed by atoms with Crippen molar-refractivity contribution in [3.05, 3.63) is 114 Å². The smallest absolute Gasteiger partial charge is 0.194 e. The van der Waals surface area contributed by atoms with Crippen LogP contribution in [0, 0.1) is 23.3 Å². The number of hydrogen-bond donors (Lipinski definition) is 0. The topological polar surface area (TPSA) is 9.23 Å². The van der Waals surface area contributed by atoms with Gasteiger partial charge in [-0.3, -0.25) is 0 Å². The quantitative estimate of drug-likeness (QED) is 0.166. The highest BCUT2D eigenvalue weighted by Crippen LogP contribution is 2.29. The lowest BCUT2D eigenvalue weighted by Crippen LogP contribution is -1.99. The molecule has 32 heavy (non-hydrogen) atoms. The van der Waals surface area contributed by atoms with Crippen molar-refractivity contribution in [3.63, 3.8) is 0 Å². The Balaban J connectivity index is 1.55. The van der Waals surface area contributed by atoms with E-state index in [9.17, 15) is 13.2 Å². The molecule has 0 spiro atoms. The second-order valence-electron chi connectivity index (χ2n) is 7.47. The van der Waals surface area contributed by atoms with E-state index < -0.39 is 17.5 Å². The van der Waals surface area contributed by atoms with Gasteiger partial charge in [0.1, 0.15) is 18.2 Å². The number of rotatable bonds is 7. The third kappa shape index (κ3) is 4.52. The van der Waals surface area contributed by atoms with E-state index >= 15 is 4.39 Å². The Labute approximate surface area is 183 Å². The van der Waals surface area contributed by atoms with Gasteiger partial charge in [-0.25, -0.2) is 17.6 Å². The van der Waals surface area contributed by atoms with Gasteiger partial charge in [0, 0.05) is 5.39 Å². The molecule has 0 bridgehead atoms. The average Bonchev–Trinajstić information content (AvgIpc) is 2.81. The molecule has 0 unspecified atom stereocenters. The minimum atomic E-state index is -1.50. The van der Waals surface area contributed by atoms with Gasteiger partial charge >= 0.3 is 0 Å². The summed E-state index contributed by atoms with van der Waals surface area (Å²) >= 11 is 0. The summed E-state index contributed by atoms with van der Waals surface area (Å²) in [6.07, 6.45) is 2.10. The van der Waals surface area contributed by atoms with Crippen LogP contribution in [0.2, 0.25) is 0 Å². The Morgan fingerprint density at radius 1 is 0.719 bits per heavy atom. The maximum absolute atomic E-state index is 15.1. The molecule has 1 nitrogen and oxygen atoms in total. The van der Waals surface area contributed by atoms with E-state index in [0.717, 1.165) is 34.4 Å². The van der Waals surface area contributed by atoms with Gasteiger partial charge in [0.2, 0.25) is 0 Å². The summed E-state index contributed by atoms with van der Waals surface area (Å²) in [5, 5.41) is 1.21. The number of halogens is 4. The molecule has 4 rings (SSSR count). The summed E-state index contributed by atoms with van der Waals surface area (Å²) in [5.74, 6) is -3.62. The molecule has 0 fully saturated rings. The maximum atomic E-state index is 15.1. The van der Waals surface area contributed by atoms with Gasteiger partial charge in [-0.05, 0) is 70.8 Å². The van der Waals surface area contributed by atoms with Crippen LogP contribution in [-0.2, 0) is 12.8 Å². The second-order valence-corrected chi connectivity index (χ2v) is 7.47. The lowest BCUT2D eigenvalue weighted by molar-refractivity contribution is 0.363. The van der Waals surface area contributed by atoms with Crippen molar-refractivity contribution in [3.8, 4) is 16.9 Å². The summed E-state index contributed by atoms with van der Waals surface area (Å²) in [6.45, 7) is 4.05.